The predicted octanol–water partition coefficient (Wildman–Crippen LogP) is 1.74. The molecule has 0 fully saturated rings. The molecule has 1 aromatic rings. The highest BCUT2D eigenvalue weighted by molar-refractivity contribution is 5.88. The summed E-state index contributed by atoms with van der Waals surface area (Å²) in [6, 6.07) is 0. The van der Waals surface area contributed by atoms with Crippen LogP contribution in [0.4, 0.5) is 0 Å². The second-order valence-corrected chi connectivity index (χ2v) is 3.96. The highest BCUT2D eigenvalue weighted by Crippen LogP contribution is 2.22. The number of rotatable bonds is 6. The number of aryl methyl sites for hydroxylation is 1. The molecule has 0 atom stereocenters. The first kappa shape index (κ1) is 12.9. The number of aromatic nitrogens is 2. The highest BCUT2D eigenvalue weighted by atomic mass is 16.5. The zero-order valence-electron chi connectivity index (χ0n) is 10.5. The first-order valence-electron chi connectivity index (χ1n) is 5.64. The minimum absolute atomic E-state index is 0.106. The van der Waals surface area contributed by atoms with Gasteiger partial charge in [0.15, 0.2) is 5.78 Å². The Kier molecular flexibility index (Phi) is 4.24. The lowest BCUT2D eigenvalue weighted by atomic mass is 9.90. The van der Waals surface area contributed by atoms with Crippen LogP contribution in [0.15, 0.2) is 12.4 Å². The van der Waals surface area contributed by atoms with Crippen molar-refractivity contribution in [3.63, 3.8) is 0 Å². The third kappa shape index (κ3) is 2.32. The summed E-state index contributed by atoms with van der Waals surface area (Å²) in [5.74, 6) is 0.891. The molecule has 90 valence electrons. The highest BCUT2D eigenvalue weighted by Gasteiger charge is 2.34. The molecular formula is C12H20N2O2. The maximum atomic E-state index is 12.2. The maximum Gasteiger partial charge on any atom is 0.172 e. The molecule has 0 unspecified atom stereocenters. The first-order valence-corrected chi connectivity index (χ1v) is 5.64. The molecule has 0 radical (unpaired) electrons. The number of ether oxygens (including phenoxy) is 1. The van der Waals surface area contributed by atoms with Gasteiger partial charge in [-0.25, -0.2) is 4.98 Å². The van der Waals surface area contributed by atoms with Gasteiger partial charge in [0, 0.05) is 26.6 Å². The van der Waals surface area contributed by atoms with Crippen molar-refractivity contribution in [3.8, 4) is 0 Å². The molecule has 0 aliphatic carbocycles. The fourth-order valence-corrected chi connectivity index (χ4v) is 1.92. The minimum Gasteiger partial charge on any atom is -0.370 e. The topological polar surface area (TPSA) is 44.1 Å². The second-order valence-electron chi connectivity index (χ2n) is 3.96. The third-order valence-corrected chi connectivity index (χ3v) is 3.28. The number of carbonyl (C=O) groups is 1. The van der Waals surface area contributed by atoms with Gasteiger partial charge in [-0.2, -0.15) is 0 Å². The molecule has 0 aliphatic rings. The maximum absolute atomic E-state index is 12.2. The van der Waals surface area contributed by atoms with Crippen LogP contribution in [0, 0.1) is 0 Å². The number of nitrogens with zero attached hydrogens (tertiary/aromatic N) is 2. The summed E-state index contributed by atoms with van der Waals surface area (Å²) >= 11 is 0. The molecule has 0 N–H and O–H groups in total. The smallest absolute Gasteiger partial charge is 0.172 e. The molecule has 0 spiro atoms. The summed E-state index contributed by atoms with van der Waals surface area (Å²) in [7, 11) is 3.49. The van der Waals surface area contributed by atoms with E-state index in [1.54, 1.807) is 13.3 Å². The molecular weight excluding hydrogens is 204 g/mol. The molecule has 0 aliphatic heterocycles. The van der Waals surface area contributed by atoms with E-state index in [2.05, 4.69) is 4.98 Å². The summed E-state index contributed by atoms with van der Waals surface area (Å²) in [6.45, 7) is 3.95. The van der Waals surface area contributed by atoms with Crippen LogP contribution in [0.2, 0.25) is 0 Å². The number of hydrogen-bond acceptors (Lipinski definition) is 3. The normalized spacial score (nSPS) is 11.8. The van der Waals surface area contributed by atoms with Gasteiger partial charge in [-0.1, -0.05) is 13.8 Å². The van der Waals surface area contributed by atoms with Crippen LogP contribution < -0.4 is 0 Å². The van der Waals surface area contributed by atoms with Crippen LogP contribution in [0.3, 0.4) is 0 Å². The molecule has 4 nitrogen and oxygen atoms in total. The molecule has 1 rings (SSSR count). The van der Waals surface area contributed by atoms with E-state index in [9.17, 15) is 4.79 Å². The Morgan fingerprint density at radius 1 is 1.50 bits per heavy atom. The van der Waals surface area contributed by atoms with Crippen LogP contribution in [-0.2, 0) is 23.0 Å². The molecule has 1 aromatic heterocycles. The molecule has 0 saturated heterocycles. The van der Waals surface area contributed by atoms with Gasteiger partial charge < -0.3 is 9.30 Å². The monoisotopic (exact) mass is 224 g/mol. The van der Waals surface area contributed by atoms with E-state index in [0.29, 0.717) is 19.3 Å². The van der Waals surface area contributed by atoms with Crippen LogP contribution in [0.5, 0.6) is 0 Å². The fourth-order valence-electron chi connectivity index (χ4n) is 1.92. The van der Waals surface area contributed by atoms with Gasteiger partial charge in [-0.3, -0.25) is 4.79 Å². The SMILES string of the molecule is CCC(CC)(OC)C(=O)Cc1nccn1C. The Balaban J connectivity index is 2.81. The van der Waals surface area contributed by atoms with Crippen molar-refractivity contribution in [3.05, 3.63) is 18.2 Å². The van der Waals surface area contributed by atoms with Crippen LogP contribution in [0.1, 0.15) is 32.5 Å². The van der Waals surface area contributed by atoms with Gasteiger partial charge in [0.05, 0.1) is 6.42 Å². The number of imidazole rings is 1. The average Bonchev–Trinajstić information content (AvgIpc) is 2.68. The summed E-state index contributed by atoms with van der Waals surface area (Å²) in [6.07, 6.45) is 5.27. The van der Waals surface area contributed by atoms with Crippen molar-refractivity contribution >= 4 is 5.78 Å². The van der Waals surface area contributed by atoms with Crippen molar-refractivity contribution in [2.24, 2.45) is 7.05 Å². The summed E-state index contributed by atoms with van der Waals surface area (Å²) in [4.78, 5) is 16.4. The molecule has 0 amide bonds. The standard InChI is InChI=1S/C12H20N2O2/c1-5-12(6-2,16-4)10(15)9-11-13-7-8-14(11)3/h7-8H,5-6,9H2,1-4H3. The van der Waals surface area contributed by atoms with Crippen LogP contribution in [-0.4, -0.2) is 28.0 Å². The van der Waals surface area contributed by atoms with Crippen LogP contribution in [0.25, 0.3) is 0 Å². The molecule has 16 heavy (non-hydrogen) atoms. The van der Waals surface area contributed by atoms with Gasteiger partial charge >= 0.3 is 0 Å². The van der Waals surface area contributed by atoms with Gasteiger partial charge in [-0.05, 0) is 12.8 Å². The van der Waals surface area contributed by atoms with Gasteiger partial charge in [0.2, 0.25) is 0 Å². The first-order chi connectivity index (χ1) is 7.59. The lowest BCUT2D eigenvalue weighted by molar-refractivity contribution is -0.141. The van der Waals surface area contributed by atoms with Crippen molar-refractivity contribution in [1.29, 1.82) is 0 Å². The van der Waals surface area contributed by atoms with E-state index < -0.39 is 5.60 Å². The number of ketones is 1. The van der Waals surface area contributed by atoms with Crippen LogP contribution >= 0.6 is 0 Å². The molecule has 4 heteroatoms. The van der Waals surface area contributed by atoms with Crippen molar-refractivity contribution < 1.29 is 9.53 Å². The Morgan fingerprint density at radius 3 is 2.50 bits per heavy atom. The van der Waals surface area contributed by atoms with Crippen molar-refractivity contribution in [2.75, 3.05) is 7.11 Å². The number of methoxy groups -OCH3 is 1. The van der Waals surface area contributed by atoms with E-state index in [4.69, 9.17) is 4.74 Å². The van der Waals surface area contributed by atoms with Gasteiger partial charge in [-0.15, -0.1) is 0 Å². The lowest BCUT2D eigenvalue weighted by Crippen LogP contribution is -2.41. The fraction of sp³-hybridized carbons (Fsp3) is 0.667. The zero-order valence-corrected chi connectivity index (χ0v) is 10.5. The van der Waals surface area contributed by atoms with E-state index in [1.165, 1.54) is 0 Å². The Hall–Kier alpha value is -1.16. The van der Waals surface area contributed by atoms with E-state index in [1.807, 2.05) is 31.7 Å². The minimum atomic E-state index is -0.647. The molecule has 1 heterocycles. The van der Waals surface area contributed by atoms with Gasteiger partial charge in [0.25, 0.3) is 0 Å². The summed E-state index contributed by atoms with van der Waals surface area (Å²) in [5.41, 5.74) is -0.647. The number of carbonyl (C=O) groups excluding carboxylic acids is 1. The van der Waals surface area contributed by atoms with E-state index in [0.717, 1.165) is 5.82 Å². The number of Topliss-reactive ketones (excluding diaryl/α,β-unsaturated/α-hetero) is 1. The largest absolute Gasteiger partial charge is 0.370 e. The molecule has 0 saturated carbocycles. The summed E-state index contributed by atoms with van der Waals surface area (Å²) in [5, 5.41) is 0. The third-order valence-electron chi connectivity index (χ3n) is 3.28. The number of hydrogen-bond donors (Lipinski definition) is 0. The van der Waals surface area contributed by atoms with Crippen molar-refractivity contribution in [1.82, 2.24) is 9.55 Å². The quantitative estimate of drug-likeness (QED) is 0.739. The molecule has 0 aromatic carbocycles. The lowest BCUT2D eigenvalue weighted by Gasteiger charge is -2.28. The van der Waals surface area contributed by atoms with Crippen molar-refractivity contribution in [2.45, 2.75) is 38.7 Å². The Labute approximate surface area is 96.6 Å². The summed E-state index contributed by atoms with van der Waals surface area (Å²) < 4.78 is 7.26. The molecule has 0 bridgehead atoms. The second kappa shape index (κ2) is 5.25. The average molecular weight is 224 g/mol. The Bertz CT molecular complexity index is 345. The van der Waals surface area contributed by atoms with Gasteiger partial charge in [0.1, 0.15) is 11.4 Å². The predicted molar refractivity (Wildman–Crippen MR) is 62.2 cm³/mol. The van der Waals surface area contributed by atoms with E-state index >= 15 is 0 Å². The zero-order chi connectivity index (χ0) is 12.2. The Morgan fingerprint density at radius 2 is 2.12 bits per heavy atom. The van der Waals surface area contributed by atoms with E-state index in [-0.39, 0.29) is 5.78 Å².